The predicted octanol–water partition coefficient (Wildman–Crippen LogP) is 1.57. The number of hydrogen-bond acceptors (Lipinski definition) is 4. The first kappa shape index (κ1) is 13.4. The maximum Gasteiger partial charge on any atom is 0.306 e. The van der Waals surface area contributed by atoms with E-state index in [0.717, 1.165) is 6.42 Å². The average Bonchev–Trinajstić information content (AvgIpc) is 2.73. The summed E-state index contributed by atoms with van der Waals surface area (Å²) < 4.78 is 11.8. The SMILES string of the molecule is CC1CC2C(CN)C3C(C)CC(=O)OC3C(C)C2O1. The summed E-state index contributed by atoms with van der Waals surface area (Å²) >= 11 is 0. The minimum absolute atomic E-state index is 0.00338. The van der Waals surface area contributed by atoms with Crippen molar-refractivity contribution in [1.82, 2.24) is 0 Å². The van der Waals surface area contributed by atoms with Crippen LogP contribution in [-0.2, 0) is 14.3 Å². The number of hydrogen-bond donors (Lipinski definition) is 1. The Morgan fingerprint density at radius 3 is 2.68 bits per heavy atom. The van der Waals surface area contributed by atoms with Crippen LogP contribution < -0.4 is 5.73 Å². The van der Waals surface area contributed by atoms with Crippen LogP contribution in [-0.4, -0.2) is 30.8 Å². The number of nitrogens with two attached hydrogens (primary N) is 1. The van der Waals surface area contributed by atoms with Gasteiger partial charge in [0.05, 0.1) is 12.2 Å². The molecule has 19 heavy (non-hydrogen) atoms. The summed E-state index contributed by atoms with van der Waals surface area (Å²) in [6, 6.07) is 0. The molecule has 1 aliphatic carbocycles. The summed E-state index contributed by atoms with van der Waals surface area (Å²) in [6.07, 6.45) is 2.15. The van der Waals surface area contributed by atoms with Crippen molar-refractivity contribution < 1.29 is 14.3 Å². The normalized spacial score (nSPS) is 53.4. The average molecular weight is 267 g/mol. The standard InChI is InChI=1S/C15H25NO3/c1-7-4-12(17)19-15-9(3)14-10(5-8(2)18-14)11(6-16)13(7)15/h7-11,13-15H,4-6,16H2,1-3H3. The molecule has 0 amide bonds. The van der Waals surface area contributed by atoms with Crippen LogP contribution >= 0.6 is 0 Å². The molecule has 1 saturated carbocycles. The van der Waals surface area contributed by atoms with Crippen molar-refractivity contribution in [3.05, 3.63) is 0 Å². The molecule has 0 spiro atoms. The van der Waals surface area contributed by atoms with Gasteiger partial charge in [0.2, 0.25) is 0 Å². The fourth-order valence-corrected chi connectivity index (χ4v) is 4.80. The van der Waals surface area contributed by atoms with Gasteiger partial charge in [-0.2, -0.15) is 0 Å². The monoisotopic (exact) mass is 267 g/mol. The van der Waals surface area contributed by atoms with Gasteiger partial charge < -0.3 is 15.2 Å². The first-order chi connectivity index (χ1) is 9.02. The summed E-state index contributed by atoms with van der Waals surface area (Å²) in [4.78, 5) is 11.7. The highest BCUT2D eigenvalue weighted by Gasteiger charge is 2.56. The van der Waals surface area contributed by atoms with Gasteiger partial charge >= 0.3 is 5.97 Å². The Labute approximate surface area is 115 Å². The van der Waals surface area contributed by atoms with E-state index in [0.29, 0.717) is 42.7 Å². The number of fused-ring (bicyclic) bond motifs is 2. The molecular weight excluding hydrogens is 242 g/mol. The Hall–Kier alpha value is -0.610. The minimum atomic E-state index is -0.0548. The van der Waals surface area contributed by atoms with Gasteiger partial charge in [-0.05, 0) is 37.6 Å². The van der Waals surface area contributed by atoms with E-state index in [1.165, 1.54) is 0 Å². The summed E-state index contributed by atoms with van der Waals surface area (Å²) in [5, 5.41) is 0. The van der Waals surface area contributed by atoms with Crippen molar-refractivity contribution in [2.24, 2.45) is 35.3 Å². The molecule has 0 aromatic heterocycles. The maximum atomic E-state index is 11.7. The Morgan fingerprint density at radius 2 is 2.00 bits per heavy atom. The molecule has 0 aromatic carbocycles. The number of ether oxygens (including phenoxy) is 2. The van der Waals surface area contributed by atoms with Crippen molar-refractivity contribution in [3.8, 4) is 0 Å². The van der Waals surface area contributed by atoms with Gasteiger partial charge in [0, 0.05) is 18.3 Å². The Bertz CT molecular complexity index is 372. The quantitative estimate of drug-likeness (QED) is 0.733. The number of esters is 1. The maximum absolute atomic E-state index is 11.7. The Morgan fingerprint density at radius 1 is 1.26 bits per heavy atom. The zero-order valence-corrected chi connectivity index (χ0v) is 12.0. The van der Waals surface area contributed by atoms with Gasteiger partial charge in [0.15, 0.2) is 0 Å². The molecule has 3 aliphatic rings. The highest BCUT2D eigenvalue weighted by atomic mass is 16.6. The summed E-state index contributed by atoms with van der Waals surface area (Å²) in [7, 11) is 0. The first-order valence-corrected chi connectivity index (χ1v) is 7.58. The van der Waals surface area contributed by atoms with Gasteiger partial charge in [-0.3, -0.25) is 4.79 Å². The van der Waals surface area contributed by atoms with Crippen LogP contribution in [0.4, 0.5) is 0 Å². The molecule has 4 nitrogen and oxygen atoms in total. The molecule has 8 atom stereocenters. The van der Waals surface area contributed by atoms with Crippen molar-refractivity contribution in [1.29, 1.82) is 0 Å². The predicted molar refractivity (Wildman–Crippen MR) is 71.3 cm³/mol. The zero-order valence-electron chi connectivity index (χ0n) is 12.0. The Balaban J connectivity index is 1.93. The van der Waals surface area contributed by atoms with E-state index in [2.05, 4.69) is 20.8 Å². The molecule has 2 aliphatic heterocycles. The van der Waals surface area contributed by atoms with Crippen LogP contribution in [0.1, 0.15) is 33.6 Å². The third-order valence-electron chi connectivity index (χ3n) is 5.56. The molecular formula is C15H25NO3. The fraction of sp³-hybridized carbons (Fsp3) is 0.933. The largest absolute Gasteiger partial charge is 0.462 e. The van der Waals surface area contributed by atoms with Gasteiger partial charge in [-0.25, -0.2) is 0 Å². The third kappa shape index (κ3) is 2.00. The van der Waals surface area contributed by atoms with E-state index in [4.69, 9.17) is 15.2 Å². The second-order valence-electron chi connectivity index (χ2n) is 6.78. The number of carbonyl (C=O) groups is 1. The molecule has 2 heterocycles. The zero-order chi connectivity index (χ0) is 13.7. The molecule has 3 rings (SSSR count). The van der Waals surface area contributed by atoms with E-state index >= 15 is 0 Å². The van der Waals surface area contributed by atoms with Gasteiger partial charge in [0.25, 0.3) is 0 Å². The second kappa shape index (κ2) is 4.74. The Kier molecular flexibility index (Phi) is 3.34. The lowest BCUT2D eigenvalue weighted by Gasteiger charge is -2.51. The number of carbonyl (C=O) groups excluding carboxylic acids is 1. The highest BCUT2D eigenvalue weighted by molar-refractivity contribution is 5.70. The van der Waals surface area contributed by atoms with Gasteiger partial charge in [-0.15, -0.1) is 0 Å². The molecule has 8 unspecified atom stereocenters. The molecule has 0 bridgehead atoms. The van der Waals surface area contributed by atoms with Crippen LogP contribution in [0.25, 0.3) is 0 Å². The van der Waals surface area contributed by atoms with Crippen LogP contribution in [0.3, 0.4) is 0 Å². The molecule has 108 valence electrons. The van der Waals surface area contributed by atoms with E-state index < -0.39 is 0 Å². The van der Waals surface area contributed by atoms with Crippen LogP contribution in [0.2, 0.25) is 0 Å². The molecule has 2 saturated heterocycles. The van der Waals surface area contributed by atoms with Crippen molar-refractivity contribution in [2.45, 2.75) is 51.9 Å². The summed E-state index contributed by atoms with van der Waals surface area (Å²) in [5.41, 5.74) is 6.06. The van der Waals surface area contributed by atoms with E-state index in [-0.39, 0.29) is 24.1 Å². The van der Waals surface area contributed by atoms with Crippen molar-refractivity contribution in [2.75, 3.05) is 6.54 Å². The van der Waals surface area contributed by atoms with Crippen LogP contribution in [0.5, 0.6) is 0 Å². The van der Waals surface area contributed by atoms with E-state index in [1.807, 2.05) is 0 Å². The fourth-order valence-electron chi connectivity index (χ4n) is 4.80. The lowest BCUT2D eigenvalue weighted by atomic mass is 9.60. The molecule has 2 N–H and O–H groups in total. The second-order valence-corrected chi connectivity index (χ2v) is 6.78. The van der Waals surface area contributed by atoms with Crippen molar-refractivity contribution >= 4 is 5.97 Å². The number of rotatable bonds is 1. The van der Waals surface area contributed by atoms with E-state index in [1.54, 1.807) is 0 Å². The topological polar surface area (TPSA) is 61.6 Å². The lowest BCUT2D eigenvalue weighted by Crippen LogP contribution is -2.57. The third-order valence-corrected chi connectivity index (χ3v) is 5.56. The van der Waals surface area contributed by atoms with Gasteiger partial charge in [-0.1, -0.05) is 13.8 Å². The molecule has 0 radical (unpaired) electrons. The minimum Gasteiger partial charge on any atom is -0.462 e. The molecule has 3 fully saturated rings. The van der Waals surface area contributed by atoms with Gasteiger partial charge in [0.1, 0.15) is 6.10 Å². The highest BCUT2D eigenvalue weighted by Crippen LogP contribution is 2.51. The van der Waals surface area contributed by atoms with Crippen molar-refractivity contribution in [3.63, 3.8) is 0 Å². The first-order valence-electron chi connectivity index (χ1n) is 7.58. The van der Waals surface area contributed by atoms with Crippen LogP contribution in [0.15, 0.2) is 0 Å². The van der Waals surface area contributed by atoms with Crippen LogP contribution in [0, 0.1) is 29.6 Å². The lowest BCUT2D eigenvalue weighted by molar-refractivity contribution is -0.190. The molecule has 4 heteroatoms. The smallest absolute Gasteiger partial charge is 0.306 e. The summed E-state index contributed by atoms with van der Waals surface area (Å²) in [6.45, 7) is 7.16. The van der Waals surface area contributed by atoms with E-state index in [9.17, 15) is 4.79 Å². The molecule has 0 aromatic rings. The summed E-state index contributed by atoms with van der Waals surface area (Å²) in [5.74, 6) is 1.98.